The molecule has 0 aromatic heterocycles. The molecule has 2 nitrogen and oxygen atoms in total. The van der Waals surface area contributed by atoms with Crippen molar-refractivity contribution in [2.75, 3.05) is 6.54 Å². The van der Waals surface area contributed by atoms with Crippen molar-refractivity contribution < 1.29 is 31.1 Å². The Kier molecular flexibility index (Phi) is 4.88. The summed E-state index contributed by atoms with van der Waals surface area (Å²) in [5.74, 6) is 0.257. The maximum absolute atomic E-state index is 13.5. The van der Waals surface area contributed by atoms with Gasteiger partial charge in [-0.3, -0.25) is 0 Å². The lowest BCUT2D eigenvalue weighted by atomic mass is 9.90. The number of hydrogen-bond acceptors (Lipinski definition) is 2. The average Bonchev–Trinajstić information content (AvgIpc) is 2.58. The molecular weight excluding hydrogens is 372 g/mol. The van der Waals surface area contributed by atoms with E-state index in [2.05, 4.69) is 0 Å². The van der Waals surface area contributed by atoms with Gasteiger partial charge in [-0.25, -0.2) is 0 Å². The molecule has 0 unspecified atom stereocenters. The second-order valence-electron chi connectivity index (χ2n) is 6.57. The number of benzene rings is 2. The molecule has 1 aliphatic rings. The molecular formula is C19H17F6NO. The quantitative estimate of drug-likeness (QED) is 0.703. The first-order chi connectivity index (χ1) is 12.5. The minimum Gasteiger partial charge on any atom is -0.488 e. The van der Waals surface area contributed by atoms with Crippen LogP contribution in [0.25, 0.3) is 11.1 Å². The predicted octanol–water partition coefficient (Wildman–Crippen LogP) is 5.35. The van der Waals surface area contributed by atoms with Crippen LogP contribution in [0.1, 0.15) is 28.7 Å². The number of halogens is 6. The number of hydrogen-bond donors (Lipinski definition) is 1. The van der Waals surface area contributed by atoms with Crippen molar-refractivity contribution in [1.29, 1.82) is 0 Å². The molecule has 146 valence electrons. The number of fused-ring (bicyclic) bond motifs is 1. The van der Waals surface area contributed by atoms with Crippen LogP contribution in [-0.2, 0) is 18.8 Å². The van der Waals surface area contributed by atoms with Crippen molar-refractivity contribution in [2.45, 2.75) is 38.2 Å². The number of aryl methyl sites for hydroxylation is 2. The summed E-state index contributed by atoms with van der Waals surface area (Å²) in [4.78, 5) is 0. The molecule has 0 radical (unpaired) electrons. The second-order valence-corrected chi connectivity index (χ2v) is 6.57. The van der Waals surface area contributed by atoms with E-state index in [0.29, 0.717) is 24.5 Å². The van der Waals surface area contributed by atoms with Crippen LogP contribution >= 0.6 is 0 Å². The Hall–Kier alpha value is -2.22. The van der Waals surface area contributed by atoms with Gasteiger partial charge in [-0.2, -0.15) is 26.3 Å². The lowest BCUT2D eigenvalue weighted by Crippen LogP contribution is -2.30. The Morgan fingerprint density at radius 2 is 1.70 bits per heavy atom. The molecule has 0 amide bonds. The summed E-state index contributed by atoms with van der Waals surface area (Å²) < 4.78 is 85.2. The third kappa shape index (κ3) is 3.90. The van der Waals surface area contributed by atoms with Gasteiger partial charge in [0.05, 0.1) is 11.1 Å². The molecule has 1 aliphatic heterocycles. The van der Waals surface area contributed by atoms with Crippen molar-refractivity contribution in [1.82, 2.24) is 0 Å². The predicted molar refractivity (Wildman–Crippen MR) is 88.4 cm³/mol. The van der Waals surface area contributed by atoms with Crippen LogP contribution < -0.4 is 10.5 Å². The van der Waals surface area contributed by atoms with Crippen molar-refractivity contribution >= 4 is 0 Å². The van der Waals surface area contributed by atoms with Crippen molar-refractivity contribution in [3.05, 3.63) is 52.6 Å². The molecule has 0 fully saturated rings. The van der Waals surface area contributed by atoms with Crippen molar-refractivity contribution in [3.63, 3.8) is 0 Å². The summed E-state index contributed by atoms with van der Waals surface area (Å²) in [6.07, 6.45) is -8.96. The third-order valence-electron chi connectivity index (χ3n) is 4.54. The van der Waals surface area contributed by atoms with Gasteiger partial charge in [0.15, 0.2) is 0 Å². The zero-order chi connectivity index (χ0) is 20.0. The van der Waals surface area contributed by atoms with Crippen LogP contribution in [0.5, 0.6) is 5.75 Å². The Balaban J connectivity index is 2.24. The summed E-state index contributed by atoms with van der Waals surface area (Å²) in [6.45, 7) is 1.92. The fourth-order valence-corrected chi connectivity index (χ4v) is 3.27. The van der Waals surface area contributed by atoms with Gasteiger partial charge in [0, 0.05) is 12.1 Å². The third-order valence-corrected chi connectivity index (χ3v) is 4.54. The van der Waals surface area contributed by atoms with Gasteiger partial charge in [-0.1, -0.05) is 12.1 Å². The summed E-state index contributed by atoms with van der Waals surface area (Å²) in [6, 6.07) is 4.96. The van der Waals surface area contributed by atoms with Gasteiger partial charge in [0.1, 0.15) is 11.9 Å². The Labute approximate surface area is 151 Å². The van der Waals surface area contributed by atoms with E-state index >= 15 is 0 Å². The molecule has 0 saturated heterocycles. The Bertz CT molecular complexity index is 856. The monoisotopic (exact) mass is 389 g/mol. The van der Waals surface area contributed by atoms with Gasteiger partial charge in [0.25, 0.3) is 0 Å². The molecule has 8 heteroatoms. The van der Waals surface area contributed by atoms with Crippen LogP contribution in [0.2, 0.25) is 0 Å². The first kappa shape index (κ1) is 19.5. The molecule has 0 bridgehead atoms. The van der Waals surface area contributed by atoms with Crippen LogP contribution in [0, 0.1) is 6.92 Å². The number of rotatable bonds is 2. The first-order valence-electron chi connectivity index (χ1n) is 8.29. The van der Waals surface area contributed by atoms with Gasteiger partial charge in [0.2, 0.25) is 0 Å². The highest BCUT2D eigenvalue weighted by Gasteiger charge is 2.39. The molecule has 3 rings (SSSR count). The molecule has 0 aliphatic carbocycles. The highest BCUT2D eigenvalue weighted by Crippen LogP contribution is 2.45. The van der Waals surface area contributed by atoms with E-state index in [0.717, 1.165) is 11.6 Å². The topological polar surface area (TPSA) is 35.2 Å². The van der Waals surface area contributed by atoms with E-state index in [-0.39, 0.29) is 35.6 Å². The lowest BCUT2D eigenvalue weighted by Gasteiger charge is -2.28. The maximum Gasteiger partial charge on any atom is 0.417 e. The number of alkyl halides is 6. The van der Waals surface area contributed by atoms with Crippen LogP contribution in [-0.4, -0.2) is 12.6 Å². The lowest BCUT2D eigenvalue weighted by molar-refractivity contribution is -0.142. The maximum atomic E-state index is 13.5. The normalized spacial score (nSPS) is 17.4. The fourth-order valence-electron chi connectivity index (χ4n) is 3.27. The largest absolute Gasteiger partial charge is 0.488 e. The summed E-state index contributed by atoms with van der Waals surface area (Å²) in [7, 11) is 0. The van der Waals surface area contributed by atoms with Crippen LogP contribution in [0.15, 0.2) is 30.3 Å². The molecule has 0 spiro atoms. The Morgan fingerprint density at radius 1 is 1.00 bits per heavy atom. The zero-order valence-corrected chi connectivity index (χ0v) is 14.3. The van der Waals surface area contributed by atoms with Crippen LogP contribution in [0.4, 0.5) is 26.3 Å². The van der Waals surface area contributed by atoms with Gasteiger partial charge < -0.3 is 10.5 Å². The molecule has 1 atom stereocenters. The van der Waals surface area contributed by atoms with Crippen LogP contribution in [0.3, 0.4) is 0 Å². The minimum absolute atomic E-state index is 0.129. The van der Waals surface area contributed by atoms with Gasteiger partial charge >= 0.3 is 12.4 Å². The highest BCUT2D eigenvalue weighted by atomic mass is 19.4. The molecule has 1 heterocycles. The molecule has 2 aromatic carbocycles. The second kappa shape index (κ2) is 6.74. The van der Waals surface area contributed by atoms with E-state index < -0.39 is 23.5 Å². The standard InChI is InChI=1S/C19H17F6NO/c1-10-6-11-2-4-13(9-26)27-17(11)15(7-10)14-5-3-12(18(20,21)22)8-16(14)19(23,24)25/h3,5-8,13H,2,4,9,26H2,1H3/t13-/m1/s1. The smallest absolute Gasteiger partial charge is 0.417 e. The SMILES string of the molecule is Cc1cc2c(c(-c3ccc(C(F)(F)F)cc3C(F)(F)F)c1)O[C@@H](CN)CC2. The summed E-state index contributed by atoms with van der Waals surface area (Å²) >= 11 is 0. The summed E-state index contributed by atoms with van der Waals surface area (Å²) in [5, 5.41) is 0. The fraction of sp³-hybridized carbons (Fsp3) is 0.368. The number of ether oxygens (including phenoxy) is 1. The first-order valence-corrected chi connectivity index (χ1v) is 8.29. The minimum atomic E-state index is -4.95. The summed E-state index contributed by atoms with van der Waals surface area (Å²) in [5.41, 5.74) is 4.14. The van der Waals surface area contributed by atoms with E-state index in [4.69, 9.17) is 10.5 Å². The molecule has 2 aromatic rings. The molecule has 27 heavy (non-hydrogen) atoms. The van der Waals surface area contributed by atoms with Gasteiger partial charge in [-0.15, -0.1) is 0 Å². The Morgan fingerprint density at radius 3 is 2.30 bits per heavy atom. The van der Waals surface area contributed by atoms with E-state index in [9.17, 15) is 26.3 Å². The van der Waals surface area contributed by atoms with E-state index in [1.807, 2.05) is 6.07 Å². The van der Waals surface area contributed by atoms with E-state index in [1.165, 1.54) is 6.07 Å². The number of nitrogens with two attached hydrogens (primary N) is 1. The highest BCUT2D eigenvalue weighted by molar-refractivity contribution is 5.77. The van der Waals surface area contributed by atoms with Crippen molar-refractivity contribution in [3.8, 4) is 16.9 Å². The average molecular weight is 389 g/mol. The molecule has 2 N–H and O–H groups in total. The zero-order valence-electron chi connectivity index (χ0n) is 14.3. The van der Waals surface area contributed by atoms with Crippen molar-refractivity contribution in [2.24, 2.45) is 5.73 Å². The molecule has 0 saturated carbocycles. The van der Waals surface area contributed by atoms with Gasteiger partial charge in [-0.05, 0) is 54.7 Å². The van der Waals surface area contributed by atoms with E-state index in [1.54, 1.807) is 6.92 Å².